The van der Waals surface area contributed by atoms with E-state index in [4.69, 9.17) is 0 Å². The van der Waals surface area contributed by atoms with Crippen molar-refractivity contribution < 1.29 is 0 Å². The van der Waals surface area contributed by atoms with Gasteiger partial charge in [-0.2, -0.15) is 0 Å². The first kappa shape index (κ1) is 42.3. The van der Waals surface area contributed by atoms with Crippen LogP contribution in [0.25, 0.3) is 82.8 Å². The molecule has 1 aromatic heterocycles. The van der Waals surface area contributed by atoms with Gasteiger partial charge in [-0.15, -0.1) is 6.58 Å². The van der Waals surface area contributed by atoms with E-state index in [1.807, 2.05) is 6.08 Å². The predicted octanol–water partition coefficient (Wildman–Crippen LogP) is 19.0. The molecule has 348 valence electrons. The number of aromatic nitrogens is 1. The molecule has 1 spiro atoms. The van der Waals surface area contributed by atoms with Crippen LogP contribution in [0, 0.1) is 0 Å². The highest BCUT2D eigenvalue weighted by Crippen LogP contribution is 2.63. The number of benzene rings is 11. The van der Waals surface area contributed by atoms with Crippen LogP contribution in [0.1, 0.15) is 35.1 Å². The van der Waals surface area contributed by atoms with Crippen molar-refractivity contribution in [3.05, 3.63) is 290 Å². The molecule has 3 aliphatic rings. The van der Waals surface area contributed by atoms with Crippen LogP contribution in [0.4, 0.5) is 28.4 Å². The molecule has 3 heteroatoms. The Morgan fingerprint density at radius 3 is 1.69 bits per heavy atom. The van der Waals surface area contributed by atoms with Crippen molar-refractivity contribution in [2.45, 2.75) is 18.3 Å². The summed E-state index contributed by atoms with van der Waals surface area (Å²) in [7, 11) is 0. The van der Waals surface area contributed by atoms with E-state index >= 15 is 0 Å². The van der Waals surface area contributed by atoms with E-state index in [1.54, 1.807) is 0 Å². The van der Waals surface area contributed by atoms with Gasteiger partial charge in [-0.3, -0.25) is 0 Å². The second-order valence-electron chi connectivity index (χ2n) is 20.0. The van der Waals surface area contributed by atoms with Gasteiger partial charge in [0, 0.05) is 50.2 Å². The van der Waals surface area contributed by atoms with E-state index in [0.29, 0.717) is 0 Å². The zero-order chi connectivity index (χ0) is 49.1. The molecule has 0 N–H and O–H groups in total. The van der Waals surface area contributed by atoms with Gasteiger partial charge in [0.2, 0.25) is 0 Å². The predicted molar refractivity (Wildman–Crippen MR) is 311 cm³/mol. The quantitative estimate of drug-likeness (QED) is 0.134. The number of fused-ring (bicyclic) bond motifs is 15. The Balaban J connectivity index is 0.931. The minimum atomic E-state index is -0.472. The van der Waals surface area contributed by atoms with Crippen molar-refractivity contribution in [3.63, 3.8) is 0 Å². The van der Waals surface area contributed by atoms with Gasteiger partial charge in [0.15, 0.2) is 0 Å². The molecule has 2 heterocycles. The zero-order valence-corrected chi connectivity index (χ0v) is 40.8. The summed E-state index contributed by atoms with van der Waals surface area (Å²) in [4.78, 5) is 4.85. The molecule has 12 aromatic rings. The summed E-state index contributed by atoms with van der Waals surface area (Å²) in [6, 6.07) is 90.4. The molecule has 11 aromatic carbocycles. The van der Waals surface area contributed by atoms with Crippen molar-refractivity contribution in [2.75, 3.05) is 9.80 Å². The molecule has 0 atom stereocenters. The third-order valence-corrected chi connectivity index (χ3v) is 16.3. The van der Waals surface area contributed by atoms with Crippen molar-refractivity contribution >= 4 is 61.0 Å². The number of para-hydroxylation sites is 3. The highest BCUT2D eigenvalue weighted by atomic mass is 15.2. The number of hydrogen-bond acceptors (Lipinski definition) is 2. The lowest BCUT2D eigenvalue weighted by atomic mass is 9.70. The van der Waals surface area contributed by atoms with E-state index in [2.05, 4.69) is 270 Å². The Labute approximate surface area is 431 Å². The molecule has 3 nitrogen and oxygen atoms in total. The highest BCUT2D eigenvalue weighted by Gasteiger charge is 2.51. The molecule has 2 aliphatic carbocycles. The van der Waals surface area contributed by atoms with Crippen LogP contribution in [0.5, 0.6) is 0 Å². The fourth-order valence-electron chi connectivity index (χ4n) is 13.2. The van der Waals surface area contributed by atoms with Gasteiger partial charge in [-0.1, -0.05) is 183 Å². The average Bonchev–Trinajstić information content (AvgIpc) is 4.20. The molecule has 1 aliphatic heterocycles. The Hall–Kier alpha value is -9.44. The zero-order valence-electron chi connectivity index (χ0n) is 40.8. The minimum absolute atomic E-state index is 0.472. The maximum atomic E-state index is 4.62. The van der Waals surface area contributed by atoms with Crippen molar-refractivity contribution in [3.8, 4) is 50.2 Å². The van der Waals surface area contributed by atoms with E-state index in [1.165, 1.54) is 105 Å². The second kappa shape index (κ2) is 16.3. The summed E-state index contributed by atoms with van der Waals surface area (Å²) in [5.41, 5.74) is 25.1. The molecular formula is C71H49N3. The van der Waals surface area contributed by atoms with Crippen molar-refractivity contribution in [2.24, 2.45) is 0 Å². The highest BCUT2D eigenvalue weighted by molar-refractivity contribution is 6.17. The van der Waals surface area contributed by atoms with Crippen LogP contribution in [-0.4, -0.2) is 4.57 Å². The monoisotopic (exact) mass is 943 g/mol. The van der Waals surface area contributed by atoms with Crippen molar-refractivity contribution in [1.29, 1.82) is 0 Å². The fraction of sp³-hybridized carbons (Fsp3) is 0.0423. The summed E-state index contributed by atoms with van der Waals surface area (Å²) in [5.74, 6) is 0. The van der Waals surface area contributed by atoms with Gasteiger partial charge < -0.3 is 14.4 Å². The van der Waals surface area contributed by atoms with Crippen molar-refractivity contribution in [1.82, 2.24) is 4.57 Å². The molecule has 0 fully saturated rings. The SMILES string of the molecule is C=CCCC(=C)N1c2ccccc2-c2ccc(-c3ccc(N(c4ccc5c(c4)C4(c6ccccc6-c6ccccc64)c4ccccc4-5)c4ccc5c(c4)c4ccccc4n5-c4ccccc4)cc3)c3cccc1c23. The topological polar surface area (TPSA) is 11.4 Å². The fourth-order valence-corrected chi connectivity index (χ4v) is 13.2. The van der Waals surface area contributed by atoms with Crippen LogP contribution in [-0.2, 0) is 5.41 Å². The molecular weight excluding hydrogens is 895 g/mol. The number of anilines is 5. The number of rotatable bonds is 9. The van der Waals surface area contributed by atoms with Crippen LogP contribution >= 0.6 is 0 Å². The van der Waals surface area contributed by atoms with E-state index in [0.717, 1.165) is 46.9 Å². The van der Waals surface area contributed by atoms with E-state index in [9.17, 15) is 0 Å². The third kappa shape index (κ3) is 5.89. The number of allylic oxidation sites excluding steroid dienone is 2. The molecule has 0 saturated heterocycles. The lowest BCUT2D eigenvalue weighted by molar-refractivity contribution is 0.793. The van der Waals surface area contributed by atoms with Gasteiger partial charge >= 0.3 is 0 Å². The first-order chi connectivity index (χ1) is 36.6. The van der Waals surface area contributed by atoms with Gasteiger partial charge in [-0.25, -0.2) is 0 Å². The Kier molecular flexibility index (Phi) is 9.31. The average molecular weight is 944 g/mol. The third-order valence-electron chi connectivity index (χ3n) is 16.3. The van der Waals surface area contributed by atoms with Gasteiger partial charge in [0.05, 0.1) is 27.8 Å². The smallest absolute Gasteiger partial charge is 0.0726 e. The molecule has 0 amide bonds. The standard InChI is InChI=1S/C71H49N3/c1-3-4-19-46(2)72-66-31-16-11-25-57(66)60-42-41-52(59-27-18-33-69(72)70(59)60)47-34-36-49(37-35-47)73(50-39-43-68-61(44-50)58-26-12-17-32-67(58)74(68)48-20-6-5-7-21-48)51-38-40-56-55-24-10-15-30-64(55)71(65(56)45-51)62-28-13-8-22-53(62)54-23-9-14-29-63(54)71/h3,5-18,20-45H,1-2,4,19H2. The van der Waals surface area contributed by atoms with E-state index in [-0.39, 0.29) is 0 Å². The van der Waals surface area contributed by atoms with Crippen LogP contribution < -0.4 is 9.80 Å². The molecule has 0 unspecified atom stereocenters. The lowest BCUT2D eigenvalue weighted by Crippen LogP contribution is -2.26. The maximum absolute atomic E-state index is 4.62. The maximum Gasteiger partial charge on any atom is 0.0726 e. The van der Waals surface area contributed by atoms with Crippen LogP contribution in [0.2, 0.25) is 0 Å². The molecule has 0 saturated carbocycles. The van der Waals surface area contributed by atoms with Gasteiger partial charge in [-0.05, 0) is 152 Å². The molecule has 74 heavy (non-hydrogen) atoms. The summed E-state index contributed by atoms with van der Waals surface area (Å²) < 4.78 is 2.40. The van der Waals surface area contributed by atoms with Gasteiger partial charge in [0.1, 0.15) is 0 Å². The van der Waals surface area contributed by atoms with E-state index < -0.39 is 5.41 Å². The largest absolute Gasteiger partial charge is 0.314 e. The van der Waals surface area contributed by atoms with Gasteiger partial charge in [0.25, 0.3) is 0 Å². The summed E-state index contributed by atoms with van der Waals surface area (Å²) in [6.45, 7) is 8.64. The second-order valence-corrected chi connectivity index (χ2v) is 20.0. The Bertz CT molecular complexity index is 4240. The van der Waals surface area contributed by atoms with Crippen LogP contribution in [0.3, 0.4) is 0 Å². The normalized spacial score (nSPS) is 13.2. The molecule has 0 bridgehead atoms. The summed E-state index contributed by atoms with van der Waals surface area (Å²) in [6.07, 6.45) is 3.69. The first-order valence-corrected chi connectivity index (χ1v) is 25.8. The molecule has 15 rings (SSSR count). The first-order valence-electron chi connectivity index (χ1n) is 25.8. The van der Waals surface area contributed by atoms with Crippen LogP contribution in [0.15, 0.2) is 268 Å². The summed E-state index contributed by atoms with van der Waals surface area (Å²) in [5, 5.41) is 4.90. The minimum Gasteiger partial charge on any atom is -0.314 e. The molecule has 0 radical (unpaired) electrons. The summed E-state index contributed by atoms with van der Waals surface area (Å²) >= 11 is 0. The number of nitrogens with zero attached hydrogens (tertiary/aromatic N) is 3. The lowest BCUT2D eigenvalue weighted by Gasteiger charge is -2.35. The Morgan fingerprint density at radius 2 is 0.959 bits per heavy atom. The number of hydrogen-bond donors (Lipinski definition) is 0. The Morgan fingerprint density at radius 1 is 0.419 bits per heavy atom.